The van der Waals surface area contributed by atoms with E-state index >= 15 is 0 Å². The predicted molar refractivity (Wildman–Crippen MR) is 398 cm³/mol. The van der Waals surface area contributed by atoms with Crippen molar-refractivity contribution in [1.29, 1.82) is 0 Å². The molecule has 5 aliphatic heterocycles. The average molecular weight is 1570 g/mol. The van der Waals surface area contributed by atoms with Crippen molar-refractivity contribution in [2.24, 2.45) is 4.99 Å². The number of carbonyl (C=O) groups excluding carboxylic acids is 5. The largest absolute Gasteiger partial charge is 0.494 e. The molecule has 0 saturated carbocycles. The van der Waals surface area contributed by atoms with Crippen LogP contribution in [0.4, 0.5) is 0 Å². The molecule has 0 spiro atoms. The molecule has 5 amide bonds. The fourth-order valence-corrected chi connectivity index (χ4v) is 21.3. The Morgan fingerprint density at radius 2 is 0.739 bits per heavy atom. The van der Waals surface area contributed by atoms with Gasteiger partial charge in [-0.05, 0) is 107 Å². The lowest BCUT2D eigenvalue weighted by atomic mass is 10.1. The minimum atomic E-state index is -1.64. The van der Waals surface area contributed by atoms with Gasteiger partial charge in [0.1, 0.15) is 0 Å². The van der Waals surface area contributed by atoms with Gasteiger partial charge in [0.05, 0.1) is 145 Å². The van der Waals surface area contributed by atoms with Gasteiger partial charge in [-0.1, -0.05) is 138 Å². The molecule has 12 rings (SSSR count). The summed E-state index contributed by atoms with van der Waals surface area (Å²) in [6.45, 7) is 34.1. The minimum Gasteiger partial charge on any atom is -0.494 e. The minimum absolute atomic E-state index is 0.00130. The molecule has 0 aliphatic carbocycles. The van der Waals surface area contributed by atoms with Crippen LogP contribution < -0.4 is 0 Å². The first kappa shape index (κ1) is 68.4. The molecule has 7 aromatic heterocycles. The molecule has 26 heteroatoms. The first-order valence-corrected chi connectivity index (χ1v) is 55.0. The molecule has 0 saturated heterocycles. The summed E-state index contributed by atoms with van der Waals surface area (Å²) in [6.07, 6.45) is 2.80. The van der Waals surface area contributed by atoms with E-state index < -0.39 is 40.4 Å². The number of aromatic nitrogens is 1. The normalized spacial score (nSPS) is 16.2. The van der Waals surface area contributed by atoms with Crippen LogP contribution in [0.1, 0.15) is 40.3 Å². The van der Waals surface area contributed by atoms with Gasteiger partial charge in [0.15, 0.2) is 5.88 Å². The zero-order valence-electron chi connectivity index (χ0n) is 52.1. The molecule has 0 radical (unpaired) electrons. The van der Waals surface area contributed by atoms with Gasteiger partial charge < -0.3 is 29.7 Å². The molecule has 12 nitrogen and oxygen atoms in total. The van der Waals surface area contributed by atoms with E-state index in [0.29, 0.717) is 69.5 Å². The van der Waals surface area contributed by atoms with Gasteiger partial charge in [-0.3, -0.25) is 24.0 Å². The summed E-state index contributed by atoms with van der Waals surface area (Å²) in [5, 5.41) is 18.0. The highest BCUT2D eigenvalue weighted by atomic mass is 79.9. The zero-order valence-corrected chi connectivity index (χ0v) is 66.7. The molecule has 5 aliphatic rings. The summed E-state index contributed by atoms with van der Waals surface area (Å²) >= 11 is 19.9. The van der Waals surface area contributed by atoms with Crippen molar-refractivity contribution < 1.29 is 29.1 Å². The molecule has 7 aromatic rings. The van der Waals surface area contributed by atoms with Crippen LogP contribution in [0.15, 0.2) is 129 Å². The van der Waals surface area contributed by atoms with E-state index in [2.05, 4.69) is 156 Å². The number of alkyl halides is 1. The summed E-state index contributed by atoms with van der Waals surface area (Å²) in [5.74, 6) is -0.387. The van der Waals surface area contributed by atoms with Crippen LogP contribution in [-0.2, 0) is 19.2 Å². The number of nitrogens with one attached hydrogen (secondary N) is 1. The van der Waals surface area contributed by atoms with E-state index in [4.69, 9.17) is 0 Å². The van der Waals surface area contributed by atoms with E-state index in [0.717, 1.165) is 59.6 Å². The summed E-state index contributed by atoms with van der Waals surface area (Å²) in [4.78, 5) is 89.3. The molecule has 2 N–H and O–H groups in total. The van der Waals surface area contributed by atoms with Gasteiger partial charge in [-0.15, -0.1) is 68.0 Å². The number of halogens is 3. The van der Waals surface area contributed by atoms with Gasteiger partial charge in [0.2, 0.25) is 0 Å². The van der Waals surface area contributed by atoms with Crippen LogP contribution in [0.25, 0.3) is 33.4 Å². The van der Waals surface area contributed by atoms with E-state index in [1.54, 1.807) is 45.3 Å². The van der Waals surface area contributed by atoms with Crippen molar-refractivity contribution in [1.82, 2.24) is 24.6 Å². The molecular weight excluding hydrogens is 1500 g/mol. The fourth-order valence-electron chi connectivity index (χ4n) is 10.4. The predicted octanol–water partition coefficient (Wildman–Crippen LogP) is 18.0. The molecule has 88 heavy (non-hydrogen) atoms. The van der Waals surface area contributed by atoms with E-state index in [9.17, 15) is 29.1 Å². The maximum atomic E-state index is 14.0. The topological polar surface area (TPSA) is 147 Å². The van der Waals surface area contributed by atoms with Gasteiger partial charge in [-0.2, -0.15) is 0 Å². The first-order chi connectivity index (χ1) is 41.1. The van der Waals surface area contributed by atoms with E-state index in [1.165, 1.54) is 27.6 Å². The van der Waals surface area contributed by atoms with Crippen molar-refractivity contribution >= 4 is 214 Å². The second-order valence-corrected chi connectivity index (χ2v) is 65.4. The molecule has 0 bridgehead atoms. The fraction of sp³-hybridized carbons (Fsp3) is 0.323. The number of thiophene rings is 6. The summed E-state index contributed by atoms with van der Waals surface area (Å²) < 4.78 is 1.98. The standard InChI is InChI=1S/C22H26Br2N2O2S2Si2.C22H28N2O2S2Si2.C14H8N2O2S2.C4H11BrSi/c1-31(2,3)11-25-19(13-7-9-15(23)29-13)17-18(21(25)27)20(14-8-10-16(24)30-14)26(22(17)28)12-32(4,5)6;1-29(2,3)13-23-19(15-9-7-11-27-15)17-18(21(23)25)20(16-10-8-12-28-16)24(22(17)26)14-30(4,5)6;17-13-9-10(12(16-13)8-4-2-6-20-8)14(18)15-11(9)7-3-1-5-19-7;1-6(2,3)4-5/h7-10H,11-12H2,1-6H3;7-12H,13-14H2,1-6H3;1-6,15,18H;4H2,1-3H3. The molecule has 0 aromatic carbocycles. The highest BCUT2D eigenvalue weighted by Crippen LogP contribution is 2.51. The molecule has 12 heterocycles. The Labute approximate surface area is 571 Å². The Bertz CT molecular complexity index is 3820. The lowest BCUT2D eigenvalue weighted by Gasteiger charge is -2.30. The number of fused-ring (bicyclic) bond motifs is 3. The van der Waals surface area contributed by atoms with Crippen molar-refractivity contribution in [3.63, 3.8) is 0 Å². The number of hydrogen-bond donors (Lipinski definition) is 2. The Balaban J connectivity index is 0.000000153. The van der Waals surface area contributed by atoms with E-state index in [1.807, 2.05) is 114 Å². The third kappa shape index (κ3) is 15.1. The van der Waals surface area contributed by atoms with Crippen LogP contribution in [0.5, 0.6) is 5.88 Å². The van der Waals surface area contributed by atoms with Crippen LogP contribution in [0.3, 0.4) is 0 Å². The van der Waals surface area contributed by atoms with Gasteiger partial charge >= 0.3 is 0 Å². The van der Waals surface area contributed by atoms with Gasteiger partial charge in [-0.25, -0.2) is 4.99 Å². The summed E-state index contributed by atoms with van der Waals surface area (Å²) in [7, 11) is -7.17. The van der Waals surface area contributed by atoms with Crippen LogP contribution in [0.2, 0.25) is 98.2 Å². The highest BCUT2D eigenvalue weighted by Gasteiger charge is 2.52. The van der Waals surface area contributed by atoms with Crippen molar-refractivity contribution in [3.05, 3.63) is 160 Å². The van der Waals surface area contributed by atoms with Gasteiger partial charge in [0, 0.05) is 24.7 Å². The number of H-pyrrole nitrogens is 1. The Morgan fingerprint density at radius 1 is 0.432 bits per heavy atom. The third-order valence-corrected chi connectivity index (χ3v) is 31.3. The lowest BCUT2D eigenvalue weighted by Crippen LogP contribution is -2.43. The van der Waals surface area contributed by atoms with Crippen molar-refractivity contribution in [2.45, 2.75) is 98.2 Å². The average Bonchev–Trinajstić information content (AvgIpc) is 1.59. The number of nitrogens with zero attached hydrogens (tertiary/aromatic N) is 5. The zero-order chi connectivity index (χ0) is 64.3. The number of aliphatic imine (C=N–C) groups is 1. The quantitative estimate of drug-likeness (QED) is 0.0772. The monoisotopic (exact) mass is 1570 g/mol. The van der Waals surface area contributed by atoms with Crippen LogP contribution >= 0.6 is 116 Å². The smallest absolute Gasteiger partial charge is 0.280 e. The number of rotatable bonds is 15. The molecule has 0 unspecified atom stereocenters. The van der Waals surface area contributed by atoms with Crippen LogP contribution in [0, 0.1) is 0 Å². The number of aromatic hydroxyl groups is 1. The maximum absolute atomic E-state index is 14.0. The Morgan fingerprint density at radius 3 is 1.01 bits per heavy atom. The number of hydrogen-bond acceptors (Lipinski definition) is 12. The number of amides is 5. The van der Waals surface area contributed by atoms with Crippen LogP contribution in [-0.4, -0.2) is 135 Å². The summed E-state index contributed by atoms with van der Waals surface area (Å²) in [5.41, 5.74) is 7.80. The van der Waals surface area contributed by atoms with Crippen molar-refractivity contribution in [3.8, 4) is 16.5 Å². The second kappa shape index (κ2) is 26.5. The second-order valence-electron chi connectivity index (χ2n) is 27.9. The molecular formula is C62H73Br3N6O6S6Si5. The van der Waals surface area contributed by atoms with Crippen molar-refractivity contribution in [2.75, 3.05) is 29.6 Å². The van der Waals surface area contributed by atoms with Gasteiger partial charge in [0.25, 0.3) is 29.5 Å². The Kier molecular flexibility index (Phi) is 20.6. The first-order valence-electron chi connectivity index (χ1n) is 28.6. The molecule has 0 fully saturated rings. The highest BCUT2D eigenvalue weighted by molar-refractivity contribution is 9.11. The van der Waals surface area contributed by atoms with E-state index in [-0.39, 0.29) is 35.4 Å². The maximum Gasteiger partial charge on any atom is 0.280 e. The molecule has 464 valence electrons. The SMILES string of the molecule is C[Si](C)(C)CBr.C[Si](C)(C)CN1C(=O)C2=C(c3ccc(Br)s3)N(C[Si](C)(C)C)C(=O)C2=C1c1ccc(Br)s1.C[Si](C)(C)CN1C(=O)C2=C(c3cccs3)N(C[Si](C)(C)C)C(=O)C2=C1c1cccs1.O=C1N=C(c2cccs2)c2c(O)[nH]c(-c3cccs3)c21. The third-order valence-electron chi connectivity index (χ3n) is 13.6. The number of aromatic amines is 1. The Hall–Kier alpha value is -4.02. The lowest BCUT2D eigenvalue weighted by molar-refractivity contribution is -0.123. The number of carbonyl (C=O) groups is 5. The summed E-state index contributed by atoms with van der Waals surface area (Å²) in [6, 6.07) is 23.7. The molecule has 0 atom stereocenters.